The van der Waals surface area contributed by atoms with Crippen LogP contribution in [0.25, 0.3) is 0 Å². The van der Waals surface area contributed by atoms with Crippen LogP contribution in [-0.4, -0.2) is 25.8 Å². The molecule has 0 aliphatic carbocycles. The number of fused-ring (bicyclic) bond motifs is 1. The maximum atomic E-state index is 12.5. The number of halogens is 3. The van der Waals surface area contributed by atoms with Gasteiger partial charge in [-0.2, -0.15) is 13.2 Å². The predicted molar refractivity (Wildman–Crippen MR) is 67.2 cm³/mol. The van der Waals surface area contributed by atoms with Crippen LogP contribution in [-0.2, 0) is 6.42 Å². The minimum Gasteiger partial charge on any atom is -0.385 e. The van der Waals surface area contributed by atoms with Gasteiger partial charge in [-0.3, -0.25) is 0 Å². The molecule has 5 heteroatoms. The zero-order valence-corrected chi connectivity index (χ0v) is 10.3. The van der Waals surface area contributed by atoms with Gasteiger partial charge in [0.1, 0.15) is 6.54 Å². The summed E-state index contributed by atoms with van der Waals surface area (Å²) in [4.78, 5) is 1.36. The van der Waals surface area contributed by atoms with E-state index in [0.717, 1.165) is 30.6 Å². The molecule has 1 aliphatic heterocycles. The number of benzene rings is 1. The molecule has 1 aromatic rings. The third-order valence-corrected chi connectivity index (χ3v) is 3.14. The van der Waals surface area contributed by atoms with Gasteiger partial charge in [-0.15, -0.1) is 0 Å². The van der Waals surface area contributed by atoms with E-state index in [1.165, 1.54) is 4.90 Å². The number of nitrogens with one attached hydrogen (secondary N) is 1. The van der Waals surface area contributed by atoms with Gasteiger partial charge >= 0.3 is 6.18 Å². The van der Waals surface area contributed by atoms with E-state index in [0.29, 0.717) is 12.2 Å². The molecule has 100 valence electrons. The highest BCUT2D eigenvalue weighted by Gasteiger charge is 2.30. The van der Waals surface area contributed by atoms with E-state index >= 15 is 0 Å². The molecule has 0 aromatic heterocycles. The van der Waals surface area contributed by atoms with Crippen molar-refractivity contribution in [1.82, 2.24) is 0 Å². The summed E-state index contributed by atoms with van der Waals surface area (Å²) >= 11 is 0. The Morgan fingerprint density at radius 2 is 2.11 bits per heavy atom. The van der Waals surface area contributed by atoms with Crippen LogP contribution in [0.2, 0.25) is 0 Å². The predicted octanol–water partition coefficient (Wildman–Crippen LogP) is 3.43. The van der Waals surface area contributed by atoms with Crippen molar-refractivity contribution >= 4 is 11.4 Å². The number of aryl methyl sites for hydroxylation is 1. The van der Waals surface area contributed by atoms with Gasteiger partial charge in [-0.1, -0.05) is 0 Å². The van der Waals surface area contributed by atoms with E-state index in [1.807, 2.05) is 12.1 Å². The Balaban J connectivity index is 2.21. The monoisotopic (exact) mass is 258 g/mol. The molecule has 0 amide bonds. The molecular formula is C13H17F3N2. The molecule has 18 heavy (non-hydrogen) atoms. The topological polar surface area (TPSA) is 15.3 Å². The molecule has 1 heterocycles. The molecule has 0 unspecified atom stereocenters. The number of alkyl halides is 3. The fourth-order valence-corrected chi connectivity index (χ4v) is 2.26. The smallest absolute Gasteiger partial charge is 0.385 e. The number of nitrogens with zero attached hydrogens (tertiary/aromatic N) is 1. The number of hydrogen-bond acceptors (Lipinski definition) is 2. The van der Waals surface area contributed by atoms with Gasteiger partial charge in [0, 0.05) is 24.5 Å². The van der Waals surface area contributed by atoms with Gasteiger partial charge in [0.2, 0.25) is 0 Å². The van der Waals surface area contributed by atoms with Crippen LogP contribution in [0.1, 0.15) is 18.9 Å². The number of hydrogen-bond donors (Lipinski definition) is 1. The van der Waals surface area contributed by atoms with Crippen molar-refractivity contribution in [1.29, 1.82) is 0 Å². The summed E-state index contributed by atoms with van der Waals surface area (Å²) in [6.45, 7) is 2.14. The minimum absolute atomic E-state index is 0.353. The van der Waals surface area contributed by atoms with Crippen LogP contribution in [0.15, 0.2) is 18.2 Å². The lowest BCUT2D eigenvalue weighted by Crippen LogP contribution is -2.34. The van der Waals surface area contributed by atoms with Crippen molar-refractivity contribution in [3.8, 4) is 0 Å². The van der Waals surface area contributed by atoms with Crippen LogP contribution in [0.4, 0.5) is 24.5 Å². The lowest BCUT2D eigenvalue weighted by atomic mass is 10.0. The highest BCUT2D eigenvalue weighted by atomic mass is 19.4. The third kappa shape index (κ3) is 3.09. The number of rotatable bonds is 3. The van der Waals surface area contributed by atoms with Gasteiger partial charge in [0.05, 0.1) is 0 Å². The average Bonchev–Trinajstić information content (AvgIpc) is 2.34. The summed E-state index contributed by atoms with van der Waals surface area (Å²) < 4.78 is 37.4. The second-order valence-electron chi connectivity index (χ2n) is 4.50. The maximum absolute atomic E-state index is 12.5. The quantitative estimate of drug-likeness (QED) is 0.893. The first-order valence-corrected chi connectivity index (χ1v) is 6.18. The Labute approximate surface area is 105 Å². The van der Waals surface area contributed by atoms with Gasteiger partial charge < -0.3 is 10.2 Å². The van der Waals surface area contributed by atoms with Crippen molar-refractivity contribution in [2.75, 3.05) is 29.9 Å². The molecule has 0 atom stereocenters. The minimum atomic E-state index is -4.16. The first-order chi connectivity index (χ1) is 8.49. The van der Waals surface area contributed by atoms with Crippen LogP contribution in [0, 0.1) is 0 Å². The van der Waals surface area contributed by atoms with Crippen molar-refractivity contribution in [3.05, 3.63) is 23.8 Å². The highest BCUT2D eigenvalue weighted by molar-refractivity contribution is 5.61. The van der Waals surface area contributed by atoms with E-state index < -0.39 is 12.7 Å². The van der Waals surface area contributed by atoms with Gasteiger partial charge in [-0.05, 0) is 43.5 Å². The second kappa shape index (κ2) is 5.08. The average molecular weight is 258 g/mol. The molecule has 2 rings (SSSR count). The summed E-state index contributed by atoms with van der Waals surface area (Å²) in [5, 5.41) is 3.25. The maximum Gasteiger partial charge on any atom is 0.405 e. The van der Waals surface area contributed by atoms with E-state index in [1.54, 1.807) is 13.0 Å². The van der Waals surface area contributed by atoms with E-state index in [9.17, 15) is 13.2 Å². The van der Waals surface area contributed by atoms with Crippen LogP contribution in [0.5, 0.6) is 0 Å². The van der Waals surface area contributed by atoms with Gasteiger partial charge in [0.25, 0.3) is 0 Å². The zero-order valence-electron chi connectivity index (χ0n) is 10.3. The Morgan fingerprint density at radius 1 is 1.33 bits per heavy atom. The Kier molecular flexibility index (Phi) is 3.68. The fraction of sp³-hybridized carbons (Fsp3) is 0.538. The summed E-state index contributed by atoms with van der Waals surface area (Å²) in [6.07, 6.45) is -2.20. The van der Waals surface area contributed by atoms with E-state index in [-0.39, 0.29) is 0 Å². The first-order valence-electron chi connectivity index (χ1n) is 6.18. The third-order valence-electron chi connectivity index (χ3n) is 3.14. The largest absolute Gasteiger partial charge is 0.405 e. The van der Waals surface area contributed by atoms with E-state index in [2.05, 4.69) is 5.32 Å². The van der Waals surface area contributed by atoms with Crippen molar-refractivity contribution in [2.45, 2.75) is 25.9 Å². The second-order valence-corrected chi connectivity index (χ2v) is 4.50. The summed E-state index contributed by atoms with van der Waals surface area (Å²) in [5.41, 5.74) is 2.81. The SMILES string of the molecule is CCN(CC(F)(F)F)c1ccc2c(c1)CCCN2. The lowest BCUT2D eigenvalue weighted by molar-refractivity contribution is -0.119. The summed E-state index contributed by atoms with van der Waals surface area (Å²) in [5.74, 6) is 0. The Bertz CT molecular complexity index is 415. The Morgan fingerprint density at radius 3 is 2.78 bits per heavy atom. The lowest BCUT2D eigenvalue weighted by Gasteiger charge is -2.26. The molecule has 2 nitrogen and oxygen atoms in total. The fourth-order valence-electron chi connectivity index (χ4n) is 2.26. The molecule has 0 saturated heterocycles. The standard InChI is InChI=1S/C13H17F3N2/c1-2-18(9-13(14,15)16)11-5-6-12-10(8-11)4-3-7-17-12/h5-6,8,17H,2-4,7,9H2,1H3. The van der Waals surface area contributed by atoms with Crippen molar-refractivity contribution in [2.24, 2.45) is 0 Å². The molecule has 0 fully saturated rings. The van der Waals surface area contributed by atoms with E-state index in [4.69, 9.17) is 0 Å². The molecule has 1 aromatic carbocycles. The van der Waals surface area contributed by atoms with Crippen molar-refractivity contribution in [3.63, 3.8) is 0 Å². The number of anilines is 2. The first kappa shape index (κ1) is 13.1. The molecular weight excluding hydrogens is 241 g/mol. The molecule has 0 spiro atoms. The molecule has 0 saturated carbocycles. The molecule has 1 aliphatic rings. The highest BCUT2D eigenvalue weighted by Crippen LogP contribution is 2.28. The van der Waals surface area contributed by atoms with Crippen molar-refractivity contribution < 1.29 is 13.2 Å². The van der Waals surface area contributed by atoms with Gasteiger partial charge in [0.15, 0.2) is 0 Å². The van der Waals surface area contributed by atoms with Crippen LogP contribution in [0.3, 0.4) is 0 Å². The normalized spacial score (nSPS) is 14.9. The molecule has 1 N–H and O–H groups in total. The zero-order chi connectivity index (χ0) is 13.2. The molecule has 0 bridgehead atoms. The molecule has 0 radical (unpaired) electrons. The Hall–Kier alpha value is -1.39. The van der Waals surface area contributed by atoms with Crippen LogP contribution >= 0.6 is 0 Å². The summed E-state index contributed by atoms with van der Waals surface area (Å²) in [6, 6.07) is 5.51. The summed E-state index contributed by atoms with van der Waals surface area (Å²) in [7, 11) is 0. The van der Waals surface area contributed by atoms with Crippen LogP contribution < -0.4 is 10.2 Å². The van der Waals surface area contributed by atoms with Gasteiger partial charge in [-0.25, -0.2) is 0 Å².